The van der Waals surface area contributed by atoms with E-state index in [0.29, 0.717) is 40.4 Å². The van der Waals surface area contributed by atoms with E-state index in [1.807, 2.05) is 37.3 Å². The highest BCUT2D eigenvalue weighted by molar-refractivity contribution is 6.17. The molecule has 4 aromatic rings. The van der Waals surface area contributed by atoms with Gasteiger partial charge in [-0.15, -0.1) is 0 Å². The van der Waals surface area contributed by atoms with Gasteiger partial charge in [0.1, 0.15) is 11.5 Å². The molecule has 1 heterocycles. The molecule has 0 amide bonds. The maximum Gasteiger partial charge on any atom is 0.203 e. The Morgan fingerprint density at radius 3 is 1.86 bits per heavy atom. The zero-order valence-electron chi connectivity index (χ0n) is 20.4. The van der Waals surface area contributed by atoms with Gasteiger partial charge in [-0.3, -0.25) is 14.4 Å². The third kappa shape index (κ3) is 4.81. The molecule has 0 saturated heterocycles. The third-order valence-corrected chi connectivity index (χ3v) is 6.61. The molecular weight excluding hydrogens is 464 g/mol. The number of ether oxygens (including phenoxy) is 2. The van der Waals surface area contributed by atoms with E-state index in [9.17, 15) is 14.4 Å². The molecule has 0 aromatic heterocycles. The Morgan fingerprint density at radius 1 is 0.703 bits per heavy atom. The molecule has 3 atom stereocenters. The number of carbonyl (C=O) groups excluding carboxylic acids is 3. The molecule has 0 bridgehead atoms. The molecule has 5 heteroatoms. The minimum absolute atomic E-state index is 0.271. The number of hydrogen-bond acceptors (Lipinski definition) is 5. The molecule has 1 aliphatic heterocycles. The van der Waals surface area contributed by atoms with Gasteiger partial charge in [0.25, 0.3) is 0 Å². The lowest BCUT2D eigenvalue weighted by Crippen LogP contribution is -2.40. The summed E-state index contributed by atoms with van der Waals surface area (Å²) in [6.45, 7) is 2.39. The normalized spacial score (nSPS) is 16.8. The van der Waals surface area contributed by atoms with E-state index < -0.39 is 17.9 Å². The quantitative estimate of drug-likeness (QED) is 0.207. The van der Waals surface area contributed by atoms with Crippen molar-refractivity contribution in [3.8, 4) is 11.5 Å². The number of benzene rings is 4. The molecule has 5 rings (SSSR count). The fraction of sp³-hybridized carbons (Fsp3) is 0.156. The summed E-state index contributed by atoms with van der Waals surface area (Å²) in [5, 5.41) is 0. The number of fused-ring (bicyclic) bond motifs is 1. The first-order valence-corrected chi connectivity index (χ1v) is 12.3. The fourth-order valence-electron chi connectivity index (χ4n) is 4.86. The third-order valence-electron chi connectivity index (χ3n) is 6.61. The van der Waals surface area contributed by atoms with Crippen LogP contribution in [-0.2, 0) is 0 Å². The summed E-state index contributed by atoms with van der Waals surface area (Å²) >= 11 is 0. The molecule has 184 valence electrons. The molecule has 5 nitrogen and oxygen atoms in total. The average Bonchev–Trinajstić information content (AvgIpc) is 3.33. The second-order valence-corrected chi connectivity index (χ2v) is 8.86. The first-order chi connectivity index (χ1) is 18.1. The van der Waals surface area contributed by atoms with Crippen LogP contribution < -0.4 is 9.47 Å². The minimum atomic E-state index is -1.17. The smallest absolute Gasteiger partial charge is 0.203 e. The highest BCUT2D eigenvalue weighted by Crippen LogP contribution is 2.45. The van der Waals surface area contributed by atoms with E-state index >= 15 is 0 Å². The number of para-hydroxylation sites is 1. The van der Waals surface area contributed by atoms with Crippen LogP contribution in [-0.4, -0.2) is 30.1 Å². The molecule has 0 radical (unpaired) electrons. The maximum absolute atomic E-state index is 14.1. The largest absolute Gasteiger partial charge is 0.494 e. The van der Waals surface area contributed by atoms with Gasteiger partial charge >= 0.3 is 0 Å². The fourth-order valence-corrected chi connectivity index (χ4v) is 4.86. The van der Waals surface area contributed by atoms with Crippen LogP contribution in [0.25, 0.3) is 0 Å². The van der Waals surface area contributed by atoms with Crippen molar-refractivity contribution in [2.24, 2.45) is 5.92 Å². The van der Waals surface area contributed by atoms with E-state index in [1.54, 1.807) is 78.9 Å². The monoisotopic (exact) mass is 490 g/mol. The number of carbonyl (C=O) groups is 3. The predicted molar refractivity (Wildman–Crippen MR) is 141 cm³/mol. The van der Waals surface area contributed by atoms with Crippen LogP contribution in [0.2, 0.25) is 0 Å². The summed E-state index contributed by atoms with van der Waals surface area (Å²) in [6, 6.07) is 31.5. The van der Waals surface area contributed by atoms with Gasteiger partial charge in [0, 0.05) is 28.2 Å². The van der Waals surface area contributed by atoms with Crippen LogP contribution in [0.4, 0.5) is 0 Å². The maximum atomic E-state index is 14.1. The Kier molecular flexibility index (Phi) is 6.95. The van der Waals surface area contributed by atoms with Crippen LogP contribution in [0, 0.1) is 5.92 Å². The first kappa shape index (κ1) is 24.2. The van der Waals surface area contributed by atoms with Crippen molar-refractivity contribution < 1.29 is 23.9 Å². The highest BCUT2D eigenvalue weighted by Gasteiger charge is 2.49. The van der Waals surface area contributed by atoms with E-state index in [0.717, 1.165) is 0 Å². The van der Waals surface area contributed by atoms with Crippen molar-refractivity contribution in [3.05, 3.63) is 131 Å². The van der Waals surface area contributed by atoms with Gasteiger partial charge in [0.05, 0.1) is 12.5 Å². The van der Waals surface area contributed by atoms with Crippen molar-refractivity contribution in [1.29, 1.82) is 0 Å². The summed E-state index contributed by atoms with van der Waals surface area (Å²) in [5.74, 6) is -1.81. The van der Waals surface area contributed by atoms with Crippen molar-refractivity contribution in [2.45, 2.75) is 18.9 Å². The molecule has 4 aromatic carbocycles. The minimum Gasteiger partial charge on any atom is -0.494 e. The number of rotatable bonds is 9. The van der Waals surface area contributed by atoms with Crippen molar-refractivity contribution >= 4 is 17.3 Å². The Bertz CT molecular complexity index is 1410. The van der Waals surface area contributed by atoms with E-state index in [-0.39, 0.29) is 17.3 Å². The van der Waals surface area contributed by atoms with Crippen molar-refractivity contribution in [2.75, 3.05) is 6.61 Å². The Hall–Kier alpha value is -4.51. The molecule has 0 saturated carbocycles. The van der Waals surface area contributed by atoms with Gasteiger partial charge in [-0.25, -0.2) is 0 Å². The molecule has 37 heavy (non-hydrogen) atoms. The van der Waals surface area contributed by atoms with Gasteiger partial charge in [-0.05, 0) is 37.3 Å². The van der Waals surface area contributed by atoms with Crippen LogP contribution in [0.3, 0.4) is 0 Å². The number of hydrogen-bond donors (Lipinski definition) is 0. The van der Waals surface area contributed by atoms with Gasteiger partial charge in [-0.1, -0.05) is 78.9 Å². The van der Waals surface area contributed by atoms with Crippen LogP contribution >= 0.6 is 0 Å². The number of Topliss-reactive ketones (excluding diaryl/α,β-unsaturated/α-hetero) is 3. The predicted octanol–water partition coefficient (Wildman–Crippen LogP) is 6.19. The summed E-state index contributed by atoms with van der Waals surface area (Å²) in [6.07, 6.45) is -1.02. The zero-order chi connectivity index (χ0) is 25.8. The molecule has 0 spiro atoms. The summed E-state index contributed by atoms with van der Waals surface area (Å²) < 4.78 is 11.7. The lowest BCUT2D eigenvalue weighted by atomic mass is 9.74. The van der Waals surface area contributed by atoms with E-state index in [4.69, 9.17) is 9.47 Å². The van der Waals surface area contributed by atoms with Crippen molar-refractivity contribution in [1.82, 2.24) is 0 Å². The van der Waals surface area contributed by atoms with Gasteiger partial charge in [0.15, 0.2) is 17.7 Å². The van der Waals surface area contributed by atoms with Gasteiger partial charge in [-0.2, -0.15) is 0 Å². The summed E-state index contributed by atoms with van der Waals surface area (Å²) in [4.78, 5) is 41.8. The lowest BCUT2D eigenvalue weighted by molar-refractivity contribution is 0.0669. The SMILES string of the molecule is CCOc1ccc(C(=O)C(C(=O)c2ccccc2)C2c3ccccc3OC2C(=O)c2ccccc2)cc1. The van der Waals surface area contributed by atoms with Crippen LogP contribution in [0.15, 0.2) is 109 Å². The summed E-state index contributed by atoms with van der Waals surface area (Å²) in [5.41, 5.74) is 1.91. The second kappa shape index (κ2) is 10.6. The van der Waals surface area contributed by atoms with Crippen LogP contribution in [0.1, 0.15) is 49.5 Å². The van der Waals surface area contributed by atoms with Gasteiger partial charge < -0.3 is 9.47 Å². The Labute approximate surface area is 215 Å². The molecule has 0 aliphatic carbocycles. The van der Waals surface area contributed by atoms with Gasteiger partial charge in [0.2, 0.25) is 5.78 Å². The first-order valence-electron chi connectivity index (χ1n) is 12.3. The van der Waals surface area contributed by atoms with Crippen LogP contribution in [0.5, 0.6) is 11.5 Å². The Morgan fingerprint density at radius 2 is 1.24 bits per heavy atom. The lowest BCUT2D eigenvalue weighted by Gasteiger charge is -2.26. The topological polar surface area (TPSA) is 69.7 Å². The number of ketones is 3. The summed E-state index contributed by atoms with van der Waals surface area (Å²) in [7, 11) is 0. The molecule has 1 aliphatic rings. The zero-order valence-corrected chi connectivity index (χ0v) is 20.4. The standard InChI is InChI=1S/C32H26O5/c1-2-36-24-19-17-23(18-20-24)30(34)28(29(33)21-11-5-3-6-12-21)27-25-15-9-10-16-26(25)37-32(27)31(35)22-13-7-4-8-14-22/h3-20,27-28,32H,2H2,1H3. The molecular formula is C32H26O5. The average molecular weight is 491 g/mol. The second-order valence-electron chi connectivity index (χ2n) is 8.86. The highest BCUT2D eigenvalue weighted by atomic mass is 16.5. The Balaban J connectivity index is 1.62. The van der Waals surface area contributed by atoms with E-state index in [1.165, 1.54) is 0 Å². The molecule has 0 fully saturated rings. The molecule has 3 unspecified atom stereocenters. The molecule has 0 N–H and O–H groups in total. The van der Waals surface area contributed by atoms with Crippen molar-refractivity contribution in [3.63, 3.8) is 0 Å². The van der Waals surface area contributed by atoms with E-state index in [2.05, 4.69) is 0 Å².